The predicted octanol–water partition coefficient (Wildman–Crippen LogP) is 3.18. The van der Waals surface area contributed by atoms with Crippen LogP contribution in [0.25, 0.3) is 0 Å². The highest BCUT2D eigenvalue weighted by atomic mass is 32.2. The molecule has 0 aliphatic carbocycles. The van der Waals surface area contributed by atoms with Gasteiger partial charge in [0.25, 0.3) is 5.91 Å². The van der Waals surface area contributed by atoms with Gasteiger partial charge in [-0.05, 0) is 55.8 Å². The number of aliphatic imine (C=N–C) groups is 1. The third-order valence-corrected chi connectivity index (χ3v) is 8.38. The van der Waals surface area contributed by atoms with Gasteiger partial charge in [0.1, 0.15) is 0 Å². The molecule has 2 saturated heterocycles. The number of amides is 1. The maximum atomic E-state index is 13.4. The summed E-state index contributed by atoms with van der Waals surface area (Å²) >= 11 is 1.48. The number of nitrogens with zero attached hydrogens (tertiary/aromatic N) is 3. The summed E-state index contributed by atoms with van der Waals surface area (Å²) in [4.78, 5) is 31.2. The van der Waals surface area contributed by atoms with E-state index in [9.17, 15) is 18.0 Å². The molecule has 0 N–H and O–H groups in total. The highest BCUT2D eigenvalue weighted by Gasteiger charge is 2.29. The average Bonchev–Trinajstić information content (AvgIpc) is 2.85. The molecule has 0 saturated carbocycles. The molecular weight excluding hydrogens is 462 g/mol. The van der Waals surface area contributed by atoms with Gasteiger partial charge in [-0.1, -0.05) is 17.8 Å². The van der Waals surface area contributed by atoms with Crippen molar-refractivity contribution < 1.29 is 22.7 Å². The Morgan fingerprint density at radius 1 is 1.00 bits per heavy atom. The van der Waals surface area contributed by atoms with E-state index in [1.165, 1.54) is 35.1 Å². The Kier molecular flexibility index (Phi) is 7.28. The smallest absolute Gasteiger partial charge is 0.259 e. The van der Waals surface area contributed by atoms with Gasteiger partial charge in [-0.3, -0.25) is 14.5 Å². The second-order valence-electron chi connectivity index (χ2n) is 7.70. The Balaban J connectivity index is 1.59. The first kappa shape index (κ1) is 23.6. The van der Waals surface area contributed by atoms with Crippen molar-refractivity contribution in [3.63, 3.8) is 0 Å². The molecule has 0 radical (unpaired) electrons. The molecule has 0 unspecified atom stereocenters. The summed E-state index contributed by atoms with van der Waals surface area (Å²) < 4.78 is 32.7. The van der Waals surface area contributed by atoms with Crippen LogP contribution in [0.2, 0.25) is 0 Å². The molecule has 4 rings (SSSR count). The van der Waals surface area contributed by atoms with E-state index < -0.39 is 10.0 Å². The van der Waals surface area contributed by atoms with E-state index in [2.05, 4.69) is 4.99 Å². The molecule has 0 spiro atoms. The summed E-state index contributed by atoms with van der Waals surface area (Å²) in [5, 5.41) is 0.559. The molecule has 0 aromatic heterocycles. The van der Waals surface area contributed by atoms with Gasteiger partial charge in [0.2, 0.25) is 10.0 Å². The molecule has 174 valence electrons. The molecule has 33 heavy (non-hydrogen) atoms. The van der Waals surface area contributed by atoms with E-state index in [1.807, 2.05) is 0 Å². The van der Waals surface area contributed by atoms with Gasteiger partial charge in [-0.2, -0.15) is 4.31 Å². The van der Waals surface area contributed by atoms with Crippen LogP contribution in [0.15, 0.2) is 58.4 Å². The third-order valence-electron chi connectivity index (χ3n) is 5.42. The second-order valence-corrected chi connectivity index (χ2v) is 10.7. The monoisotopic (exact) mass is 487 g/mol. The Bertz CT molecular complexity index is 1170. The van der Waals surface area contributed by atoms with Crippen molar-refractivity contribution in [2.75, 3.05) is 38.6 Å². The molecule has 0 bridgehead atoms. The van der Waals surface area contributed by atoms with Crippen molar-refractivity contribution in [3.8, 4) is 0 Å². The van der Waals surface area contributed by atoms with Gasteiger partial charge in [0, 0.05) is 36.5 Å². The zero-order valence-corrected chi connectivity index (χ0v) is 19.9. The van der Waals surface area contributed by atoms with Gasteiger partial charge in [0.15, 0.2) is 11.0 Å². The van der Waals surface area contributed by atoms with Gasteiger partial charge in [-0.15, -0.1) is 0 Å². The molecule has 2 heterocycles. The van der Waals surface area contributed by atoms with E-state index in [-0.39, 0.29) is 16.6 Å². The van der Waals surface area contributed by atoms with Gasteiger partial charge in [-0.25, -0.2) is 13.4 Å². The summed E-state index contributed by atoms with van der Waals surface area (Å²) in [6.45, 7) is 3.31. The first-order valence-electron chi connectivity index (χ1n) is 10.7. The number of Topliss-reactive ketones (excluding diaryl/α,β-unsaturated/α-hetero) is 1. The van der Waals surface area contributed by atoms with Crippen LogP contribution in [0.3, 0.4) is 0 Å². The quantitative estimate of drug-likeness (QED) is 0.601. The number of carbonyl (C=O) groups excluding carboxylic acids is 2. The summed E-state index contributed by atoms with van der Waals surface area (Å²) in [5.74, 6) is 0.518. The van der Waals surface area contributed by atoms with Crippen LogP contribution < -0.4 is 0 Å². The normalized spacial score (nSPS) is 18.9. The molecular formula is C23H25N3O5S2. The fraction of sp³-hybridized carbons (Fsp3) is 0.348. The number of benzene rings is 2. The number of morpholine rings is 1. The van der Waals surface area contributed by atoms with Crippen molar-refractivity contribution in [1.82, 2.24) is 9.21 Å². The lowest BCUT2D eigenvalue weighted by Gasteiger charge is -2.28. The lowest BCUT2D eigenvalue weighted by Crippen LogP contribution is -2.41. The highest BCUT2D eigenvalue weighted by Crippen LogP contribution is 2.26. The van der Waals surface area contributed by atoms with Crippen molar-refractivity contribution in [2.45, 2.75) is 18.2 Å². The molecule has 1 amide bonds. The maximum Gasteiger partial charge on any atom is 0.259 e. The average molecular weight is 488 g/mol. The molecule has 2 aromatic carbocycles. The van der Waals surface area contributed by atoms with E-state index >= 15 is 0 Å². The summed E-state index contributed by atoms with van der Waals surface area (Å²) in [6.07, 6.45) is 0.810. The Morgan fingerprint density at radius 2 is 1.73 bits per heavy atom. The van der Waals surface area contributed by atoms with Crippen molar-refractivity contribution in [3.05, 3.63) is 59.7 Å². The number of rotatable bonds is 5. The Labute approximate surface area is 197 Å². The fourth-order valence-electron chi connectivity index (χ4n) is 3.60. The van der Waals surface area contributed by atoms with Crippen LogP contribution in [0.1, 0.15) is 34.1 Å². The van der Waals surface area contributed by atoms with Crippen LogP contribution in [-0.2, 0) is 14.8 Å². The third kappa shape index (κ3) is 5.35. The number of ketones is 1. The van der Waals surface area contributed by atoms with Crippen LogP contribution in [-0.4, -0.2) is 73.1 Å². The standard InChI is InChI=1S/C23H25N3O5S2/c1-17(27)18-6-8-20(9-7-18)24-23-26(10-3-15-32-23)22(28)19-4-2-5-21(16-19)33(29,30)25-11-13-31-14-12-25/h2,4-9,16H,3,10-15H2,1H3. The number of ether oxygens (including phenoxy) is 1. The van der Waals surface area contributed by atoms with Crippen LogP contribution in [0.5, 0.6) is 0 Å². The SMILES string of the molecule is CC(=O)c1ccc(N=C2SCCCN2C(=O)c2cccc(S(=O)(=O)N3CCOCC3)c2)cc1. The largest absolute Gasteiger partial charge is 0.379 e. The second kappa shape index (κ2) is 10.2. The van der Waals surface area contributed by atoms with E-state index in [4.69, 9.17) is 4.74 Å². The number of hydrogen-bond donors (Lipinski definition) is 0. The summed E-state index contributed by atoms with van der Waals surface area (Å²) in [6, 6.07) is 13.1. The topological polar surface area (TPSA) is 96.3 Å². The first-order valence-corrected chi connectivity index (χ1v) is 13.1. The lowest BCUT2D eigenvalue weighted by atomic mass is 10.1. The van der Waals surface area contributed by atoms with Crippen molar-refractivity contribution in [2.24, 2.45) is 4.99 Å². The molecule has 8 nitrogen and oxygen atoms in total. The first-order chi connectivity index (χ1) is 15.9. The maximum absolute atomic E-state index is 13.4. The zero-order valence-electron chi connectivity index (χ0n) is 18.3. The minimum absolute atomic E-state index is 0.0232. The molecule has 2 fully saturated rings. The van der Waals surface area contributed by atoms with E-state index in [1.54, 1.807) is 41.3 Å². The molecule has 2 aromatic rings. The van der Waals surface area contributed by atoms with Crippen LogP contribution >= 0.6 is 11.8 Å². The van der Waals surface area contributed by atoms with Gasteiger partial charge in [0.05, 0.1) is 23.8 Å². The van der Waals surface area contributed by atoms with Gasteiger partial charge >= 0.3 is 0 Å². The molecule has 2 aliphatic rings. The highest BCUT2D eigenvalue weighted by molar-refractivity contribution is 8.13. The summed E-state index contributed by atoms with van der Waals surface area (Å²) in [5.41, 5.74) is 1.54. The number of amidine groups is 1. The van der Waals surface area contributed by atoms with Gasteiger partial charge < -0.3 is 4.74 Å². The molecule has 2 aliphatic heterocycles. The Hall–Kier alpha value is -2.53. The Morgan fingerprint density at radius 3 is 2.42 bits per heavy atom. The fourth-order valence-corrected chi connectivity index (χ4v) is 6.01. The number of carbonyl (C=O) groups is 2. The number of hydrogen-bond acceptors (Lipinski definition) is 7. The van der Waals surface area contributed by atoms with E-state index in [0.717, 1.165) is 12.2 Å². The van der Waals surface area contributed by atoms with Crippen LogP contribution in [0.4, 0.5) is 5.69 Å². The van der Waals surface area contributed by atoms with E-state index in [0.29, 0.717) is 54.8 Å². The number of sulfonamides is 1. The molecule has 10 heteroatoms. The number of thioether (sulfide) groups is 1. The zero-order chi connectivity index (χ0) is 23.4. The van der Waals surface area contributed by atoms with Crippen LogP contribution in [0, 0.1) is 0 Å². The predicted molar refractivity (Wildman–Crippen MR) is 128 cm³/mol. The lowest BCUT2D eigenvalue weighted by molar-refractivity contribution is 0.0730. The summed E-state index contributed by atoms with van der Waals surface area (Å²) in [7, 11) is -3.70. The minimum atomic E-state index is -3.70. The van der Waals surface area contributed by atoms with Crippen molar-refractivity contribution >= 4 is 44.3 Å². The minimum Gasteiger partial charge on any atom is -0.379 e. The molecule has 0 atom stereocenters. The van der Waals surface area contributed by atoms with Crippen molar-refractivity contribution in [1.29, 1.82) is 0 Å².